The molecular formula is C20H28F3N3O2. The minimum atomic E-state index is -4.36. The lowest BCUT2D eigenvalue weighted by atomic mass is 9.90. The van der Waals surface area contributed by atoms with E-state index in [1.54, 1.807) is 0 Å². The van der Waals surface area contributed by atoms with Gasteiger partial charge >= 0.3 is 6.18 Å². The van der Waals surface area contributed by atoms with Crippen molar-refractivity contribution in [1.29, 1.82) is 0 Å². The van der Waals surface area contributed by atoms with Crippen molar-refractivity contribution in [2.24, 2.45) is 11.1 Å². The molecule has 28 heavy (non-hydrogen) atoms. The molecule has 0 spiro atoms. The van der Waals surface area contributed by atoms with Crippen LogP contribution in [-0.4, -0.2) is 5.16 Å². The zero-order valence-corrected chi connectivity index (χ0v) is 16.5. The third-order valence-corrected chi connectivity index (χ3v) is 4.61. The van der Waals surface area contributed by atoms with Gasteiger partial charge in [-0.15, -0.1) is 4.91 Å². The van der Waals surface area contributed by atoms with Gasteiger partial charge in [0.15, 0.2) is 0 Å². The molecule has 1 heterocycles. The molecule has 0 aliphatic heterocycles. The smallest absolute Gasteiger partial charge is 0.368 e. The fraction of sp³-hybridized carbons (Fsp3) is 0.550. The summed E-state index contributed by atoms with van der Waals surface area (Å²) in [7, 11) is 0. The Bertz CT molecular complexity index is 699. The molecule has 2 rings (SSSR count). The zero-order valence-electron chi connectivity index (χ0n) is 16.5. The van der Waals surface area contributed by atoms with Crippen LogP contribution in [0.4, 0.5) is 24.7 Å². The second-order valence-electron chi connectivity index (χ2n) is 6.87. The van der Waals surface area contributed by atoms with Gasteiger partial charge in [0.1, 0.15) is 5.69 Å². The highest BCUT2D eigenvalue weighted by Gasteiger charge is 2.29. The Balaban J connectivity index is 0.000000292. The monoisotopic (exact) mass is 399 g/mol. The number of aromatic nitrogens is 1. The molecule has 156 valence electrons. The molecule has 0 saturated carbocycles. The predicted molar refractivity (Wildman–Crippen MR) is 104 cm³/mol. The van der Waals surface area contributed by atoms with E-state index in [9.17, 15) is 18.1 Å². The van der Waals surface area contributed by atoms with Gasteiger partial charge in [-0.05, 0) is 48.2 Å². The number of alkyl halides is 3. The van der Waals surface area contributed by atoms with Crippen LogP contribution in [0.1, 0.15) is 70.1 Å². The summed E-state index contributed by atoms with van der Waals surface area (Å²) in [5, 5.41) is 6.51. The lowest BCUT2D eigenvalue weighted by Gasteiger charge is -2.15. The van der Waals surface area contributed by atoms with E-state index in [0.29, 0.717) is 11.8 Å². The van der Waals surface area contributed by atoms with Crippen LogP contribution in [0, 0.1) is 10.8 Å². The molecule has 0 aliphatic rings. The van der Waals surface area contributed by atoms with E-state index in [-0.39, 0.29) is 5.69 Å². The topological polar surface area (TPSA) is 81.5 Å². The Kier molecular flexibility index (Phi) is 9.68. The maximum atomic E-state index is 11.9. The van der Waals surface area contributed by atoms with Crippen LogP contribution in [0.15, 0.2) is 40.0 Å². The molecule has 0 saturated heterocycles. The number of hydrogen-bond acceptors (Lipinski definition) is 5. The first-order valence-electron chi connectivity index (χ1n) is 9.43. The summed E-state index contributed by atoms with van der Waals surface area (Å²) in [6, 6.07) is 5.55. The van der Waals surface area contributed by atoms with E-state index < -0.39 is 11.7 Å². The summed E-state index contributed by atoms with van der Waals surface area (Å²) >= 11 is 0. The molecule has 8 heteroatoms. The molecule has 0 aliphatic carbocycles. The largest absolute Gasteiger partial charge is 0.416 e. The number of nitrogens with zero attached hydrogens (tertiary/aromatic N) is 2. The van der Waals surface area contributed by atoms with Crippen molar-refractivity contribution in [3.63, 3.8) is 0 Å². The fourth-order valence-electron chi connectivity index (χ4n) is 2.69. The molecule has 2 atom stereocenters. The minimum Gasteiger partial charge on any atom is -0.368 e. The predicted octanol–water partition coefficient (Wildman–Crippen LogP) is 7.07. The summed E-state index contributed by atoms with van der Waals surface area (Å²) in [4.78, 5) is 9.84. The Morgan fingerprint density at radius 2 is 1.79 bits per heavy atom. The number of rotatable bonds is 8. The van der Waals surface area contributed by atoms with E-state index >= 15 is 0 Å². The molecule has 0 amide bonds. The second-order valence-corrected chi connectivity index (χ2v) is 6.87. The molecule has 1 aromatic heterocycles. The molecule has 2 aromatic rings. The molecule has 1 aromatic carbocycles. The third-order valence-electron chi connectivity index (χ3n) is 4.61. The van der Waals surface area contributed by atoms with Crippen LogP contribution in [0.3, 0.4) is 0 Å². The van der Waals surface area contributed by atoms with Crippen molar-refractivity contribution in [2.45, 2.75) is 65.0 Å². The van der Waals surface area contributed by atoms with E-state index in [2.05, 4.69) is 31.1 Å². The van der Waals surface area contributed by atoms with Crippen molar-refractivity contribution in [3.05, 3.63) is 46.5 Å². The van der Waals surface area contributed by atoms with Gasteiger partial charge in [-0.3, -0.25) is 0 Å². The first-order chi connectivity index (χ1) is 13.2. The minimum absolute atomic E-state index is 0.0111. The van der Waals surface area contributed by atoms with Crippen LogP contribution in [-0.2, 0) is 6.18 Å². The van der Waals surface area contributed by atoms with Crippen molar-refractivity contribution >= 4 is 11.6 Å². The van der Waals surface area contributed by atoms with E-state index in [0.717, 1.165) is 35.9 Å². The van der Waals surface area contributed by atoms with Gasteiger partial charge in [0.25, 0.3) is 0 Å². The van der Waals surface area contributed by atoms with Gasteiger partial charge in [-0.2, -0.15) is 13.2 Å². The van der Waals surface area contributed by atoms with Crippen LogP contribution in [0.25, 0.3) is 0 Å². The number of anilines is 1. The van der Waals surface area contributed by atoms with Gasteiger partial charge in [0.2, 0.25) is 5.88 Å². The van der Waals surface area contributed by atoms with Gasteiger partial charge in [-0.1, -0.05) is 45.2 Å². The molecule has 0 fully saturated rings. The van der Waals surface area contributed by atoms with Gasteiger partial charge in [0.05, 0.1) is 11.3 Å². The summed E-state index contributed by atoms with van der Waals surface area (Å²) in [5.41, 5.74) is 5.80. The summed E-state index contributed by atoms with van der Waals surface area (Å²) < 4.78 is 40.7. The maximum Gasteiger partial charge on any atom is 0.416 e. The standard InChI is InChI=1S/C13H24N2O.C7H4F3NO/c1-4-6-11(8-7-10(3)5-2)12-9-13(14)16-15-12;8-7(9,10)5-1-3-6(11-12)4-2-5/h9-11H,4-8,14H2,1-3H3;1-4H/t10-,11?;/m1./s1. The lowest BCUT2D eigenvalue weighted by molar-refractivity contribution is -0.137. The molecule has 0 bridgehead atoms. The van der Waals surface area contributed by atoms with E-state index in [1.165, 1.54) is 32.1 Å². The summed E-state index contributed by atoms with van der Waals surface area (Å²) in [6.45, 7) is 6.76. The van der Waals surface area contributed by atoms with Gasteiger partial charge < -0.3 is 10.3 Å². The fourth-order valence-corrected chi connectivity index (χ4v) is 2.69. The Labute approximate surface area is 163 Å². The number of nitrogens with two attached hydrogens (primary N) is 1. The summed E-state index contributed by atoms with van der Waals surface area (Å²) in [6.07, 6.45) is 1.68. The molecule has 2 N–H and O–H groups in total. The summed E-state index contributed by atoms with van der Waals surface area (Å²) in [5.74, 6) is 1.74. The Morgan fingerprint density at radius 3 is 2.21 bits per heavy atom. The second kappa shape index (κ2) is 11.5. The van der Waals surface area contributed by atoms with Crippen LogP contribution in [0.5, 0.6) is 0 Å². The number of hydrogen-bond donors (Lipinski definition) is 1. The third kappa shape index (κ3) is 8.10. The molecule has 0 radical (unpaired) electrons. The SMILES string of the molecule is CCCC(CC[C@H](C)CC)c1cc(N)on1.O=Nc1ccc(C(F)(F)F)cc1. The maximum absolute atomic E-state index is 11.9. The Hall–Kier alpha value is -2.38. The highest BCUT2D eigenvalue weighted by molar-refractivity contribution is 5.39. The zero-order chi connectivity index (χ0) is 21.2. The van der Waals surface area contributed by atoms with Crippen LogP contribution < -0.4 is 5.73 Å². The van der Waals surface area contributed by atoms with Crippen LogP contribution >= 0.6 is 0 Å². The number of halogens is 3. The lowest BCUT2D eigenvalue weighted by Crippen LogP contribution is -2.03. The van der Waals surface area contributed by atoms with Crippen molar-refractivity contribution in [2.75, 3.05) is 5.73 Å². The molecule has 1 unspecified atom stereocenters. The van der Waals surface area contributed by atoms with Crippen molar-refractivity contribution < 1.29 is 17.7 Å². The highest BCUT2D eigenvalue weighted by atomic mass is 19.4. The number of benzene rings is 1. The van der Waals surface area contributed by atoms with E-state index in [1.807, 2.05) is 6.07 Å². The molecular weight excluding hydrogens is 371 g/mol. The first-order valence-corrected chi connectivity index (χ1v) is 9.43. The van der Waals surface area contributed by atoms with Gasteiger partial charge in [0, 0.05) is 12.0 Å². The molecule has 5 nitrogen and oxygen atoms in total. The van der Waals surface area contributed by atoms with E-state index in [4.69, 9.17) is 10.3 Å². The normalized spacial score (nSPS) is 13.4. The number of nitrogen functional groups attached to an aromatic ring is 1. The van der Waals surface area contributed by atoms with Crippen LogP contribution in [0.2, 0.25) is 0 Å². The highest BCUT2D eigenvalue weighted by Crippen LogP contribution is 2.30. The first kappa shape index (κ1) is 23.7. The quantitative estimate of drug-likeness (QED) is 0.481. The Morgan fingerprint density at radius 1 is 1.14 bits per heavy atom. The van der Waals surface area contributed by atoms with Crippen molar-refractivity contribution in [3.8, 4) is 0 Å². The van der Waals surface area contributed by atoms with Gasteiger partial charge in [-0.25, -0.2) is 0 Å². The number of nitroso groups, excluding NO2 is 1. The average molecular weight is 399 g/mol. The average Bonchev–Trinajstić information content (AvgIpc) is 3.10. The van der Waals surface area contributed by atoms with Crippen molar-refractivity contribution in [1.82, 2.24) is 5.16 Å².